The number of carboxylic acid groups (broad SMARTS) is 1. The van der Waals surface area contributed by atoms with Crippen LogP contribution in [-0.2, 0) is 10.0 Å². The number of nitrogens with one attached hydrogen (secondary N) is 1. The fraction of sp³-hybridized carbons (Fsp3) is 0.167. The number of carbonyl (C=O) groups is 1. The molecule has 9 heteroatoms. The maximum Gasteiger partial charge on any atom is 0.335 e. The summed E-state index contributed by atoms with van der Waals surface area (Å²) in [6, 6.07) is 2.97. The van der Waals surface area contributed by atoms with Gasteiger partial charge in [0.25, 0.3) is 0 Å². The number of hydrogen-bond acceptors (Lipinski definition) is 5. The fourth-order valence-corrected chi connectivity index (χ4v) is 4.09. The van der Waals surface area contributed by atoms with E-state index in [2.05, 4.69) is 9.71 Å². The van der Waals surface area contributed by atoms with Crippen molar-refractivity contribution in [3.63, 3.8) is 0 Å². The summed E-state index contributed by atoms with van der Waals surface area (Å²) in [5, 5.41) is 11.2. The van der Waals surface area contributed by atoms with Gasteiger partial charge in [-0.2, -0.15) is 0 Å². The summed E-state index contributed by atoms with van der Waals surface area (Å²) in [5.74, 6) is -1.23. The van der Waals surface area contributed by atoms with E-state index in [1.54, 1.807) is 18.5 Å². The summed E-state index contributed by atoms with van der Waals surface area (Å²) in [6.07, 6.45) is 1.57. The molecule has 1 aromatic carbocycles. The smallest absolute Gasteiger partial charge is 0.335 e. The summed E-state index contributed by atoms with van der Waals surface area (Å²) < 4.78 is 27.1. The molecule has 0 fully saturated rings. The van der Waals surface area contributed by atoms with Gasteiger partial charge in [0.1, 0.15) is 9.90 Å². The molecule has 0 amide bonds. The van der Waals surface area contributed by atoms with Gasteiger partial charge in [-0.1, -0.05) is 11.6 Å². The topological polar surface area (TPSA) is 96.4 Å². The van der Waals surface area contributed by atoms with Crippen molar-refractivity contribution in [1.82, 2.24) is 9.71 Å². The Balaban J connectivity index is 2.35. The molecule has 2 rings (SSSR count). The molecule has 2 N–H and O–H groups in total. The van der Waals surface area contributed by atoms with E-state index < -0.39 is 22.0 Å². The minimum atomic E-state index is -3.95. The standard InChI is InChI=1S/C12H11ClN2O4S2/c1-7(11-14-4-5-20-11)15-21(18,19)10-6-8(12(16)17)2-3-9(10)13/h2-7,15H,1H3,(H,16,17). The van der Waals surface area contributed by atoms with Crippen LogP contribution >= 0.6 is 22.9 Å². The van der Waals surface area contributed by atoms with Gasteiger partial charge in [0.15, 0.2) is 0 Å². The Morgan fingerprint density at radius 2 is 2.19 bits per heavy atom. The second-order valence-corrected chi connectivity index (χ2v) is 7.18. The minimum absolute atomic E-state index is 0.0427. The predicted molar refractivity (Wildman–Crippen MR) is 79.3 cm³/mol. The Bertz CT molecular complexity index is 760. The lowest BCUT2D eigenvalue weighted by molar-refractivity contribution is 0.0696. The number of benzene rings is 1. The second kappa shape index (κ2) is 6.10. The second-order valence-electron chi connectivity index (χ2n) is 4.16. The molecule has 21 heavy (non-hydrogen) atoms. The van der Waals surface area contributed by atoms with Crippen LogP contribution in [-0.4, -0.2) is 24.5 Å². The van der Waals surface area contributed by atoms with Gasteiger partial charge in [0.2, 0.25) is 10.0 Å². The lowest BCUT2D eigenvalue weighted by atomic mass is 10.2. The van der Waals surface area contributed by atoms with Crippen LogP contribution in [0.3, 0.4) is 0 Å². The van der Waals surface area contributed by atoms with Gasteiger partial charge in [-0.25, -0.2) is 22.9 Å². The first-order chi connectivity index (χ1) is 9.81. The van der Waals surface area contributed by atoms with Crippen molar-refractivity contribution in [2.45, 2.75) is 17.9 Å². The van der Waals surface area contributed by atoms with Crippen molar-refractivity contribution >= 4 is 38.9 Å². The lowest BCUT2D eigenvalue weighted by Crippen LogP contribution is -2.27. The summed E-state index contributed by atoms with van der Waals surface area (Å²) in [6.45, 7) is 1.64. The molecule has 1 atom stereocenters. The van der Waals surface area contributed by atoms with Crippen LogP contribution in [0.15, 0.2) is 34.7 Å². The van der Waals surface area contributed by atoms with E-state index in [4.69, 9.17) is 16.7 Å². The normalized spacial score (nSPS) is 13.0. The average molecular weight is 347 g/mol. The number of thiazole rings is 1. The van der Waals surface area contributed by atoms with Crippen LogP contribution in [0.25, 0.3) is 0 Å². The van der Waals surface area contributed by atoms with Gasteiger partial charge < -0.3 is 5.11 Å². The number of halogens is 1. The zero-order valence-electron chi connectivity index (χ0n) is 10.8. The first-order valence-corrected chi connectivity index (χ1v) is 8.50. The summed E-state index contributed by atoms with van der Waals surface area (Å²) in [5.41, 5.74) is -0.151. The third-order valence-corrected chi connectivity index (χ3v) is 5.60. The molecule has 0 bridgehead atoms. The molecular weight excluding hydrogens is 336 g/mol. The number of carboxylic acids is 1. The highest BCUT2D eigenvalue weighted by molar-refractivity contribution is 7.89. The Morgan fingerprint density at radius 3 is 2.76 bits per heavy atom. The van der Waals surface area contributed by atoms with Gasteiger partial charge in [-0.3, -0.25) is 0 Å². The van der Waals surface area contributed by atoms with Gasteiger partial charge in [0, 0.05) is 11.6 Å². The van der Waals surface area contributed by atoms with Crippen molar-refractivity contribution in [3.05, 3.63) is 45.4 Å². The van der Waals surface area contributed by atoms with Crippen LogP contribution in [0, 0.1) is 0 Å². The van der Waals surface area contributed by atoms with E-state index in [9.17, 15) is 13.2 Å². The molecule has 0 spiro atoms. The lowest BCUT2D eigenvalue weighted by Gasteiger charge is -2.13. The van der Waals surface area contributed by atoms with Crippen molar-refractivity contribution in [2.24, 2.45) is 0 Å². The summed E-state index contributed by atoms with van der Waals surface area (Å²) >= 11 is 7.18. The first-order valence-electron chi connectivity index (χ1n) is 5.76. The molecular formula is C12H11ClN2O4S2. The van der Waals surface area contributed by atoms with Crippen LogP contribution in [0.1, 0.15) is 28.3 Å². The molecule has 0 aliphatic rings. The molecule has 0 saturated heterocycles. The van der Waals surface area contributed by atoms with Crippen LogP contribution in [0.2, 0.25) is 5.02 Å². The highest BCUT2D eigenvalue weighted by Gasteiger charge is 2.23. The number of aromatic nitrogens is 1. The SMILES string of the molecule is CC(NS(=O)(=O)c1cc(C(=O)O)ccc1Cl)c1nccs1. The molecule has 1 heterocycles. The monoisotopic (exact) mass is 346 g/mol. The van der Waals surface area contributed by atoms with Crippen LogP contribution < -0.4 is 4.72 Å². The van der Waals surface area contributed by atoms with Crippen LogP contribution in [0.5, 0.6) is 0 Å². The Kier molecular flexibility index (Phi) is 4.62. The zero-order valence-corrected chi connectivity index (χ0v) is 13.2. The molecule has 0 radical (unpaired) electrons. The fourth-order valence-electron chi connectivity index (χ4n) is 1.64. The summed E-state index contributed by atoms with van der Waals surface area (Å²) in [4.78, 5) is 14.7. The third kappa shape index (κ3) is 3.59. The number of sulfonamides is 1. The van der Waals surface area contributed by atoms with Gasteiger partial charge in [0.05, 0.1) is 16.6 Å². The third-order valence-electron chi connectivity index (χ3n) is 2.62. The maximum atomic E-state index is 12.3. The van der Waals surface area contributed by atoms with E-state index in [0.29, 0.717) is 5.01 Å². The number of hydrogen-bond donors (Lipinski definition) is 2. The Hall–Kier alpha value is -1.48. The predicted octanol–water partition coefficient (Wildman–Crippen LogP) is 2.53. The molecule has 0 saturated carbocycles. The molecule has 6 nitrogen and oxygen atoms in total. The highest BCUT2D eigenvalue weighted by Crippen LogP contribution is 2.25. The minimum Gasteiger partial charge on any atom is -0.478 e. The van der Waals surface area contributed by atoms with E-state index >= 15 is 0 Å². The number of nitrogens with zero attached hydrogens (tertiary/aromatic N) is 1. The maximum absolute atomic E-state index is 12.3. The first kappa shape index (κ1) is 15.9. The number of rotatable bonds is 5. The molecule has 0 aliphatic carbocycles. The van der Waals surface area contributed by atoms with E-state index in [-0.39, 0.29) is 15.5 Å². The zero-order chi connectivity index (χ0) is 15.6. The highest BCUT2D eigenvalue weighted by atomic mass is 35.5. The van der Waals surface area contributed by atoms with Gasteiger partial charge in [-0.05, 0) is 25.1 Å². The van der Waals surface area contributed by atoms with Crippen molar-refractivity contribution in [3.8, 4) is 0 Å². The quantitative estimate of drug-likeness (QED) is 0.867. The molecule has 1 aromatic heterocycles. The molecule has 1 unspecified atom stereocenters. The van der Waals surface area contributed by atoms with Crippen LogP contribution in [0.4, 0.5) is 0 Å². The van der Waals surface area contributed by atoms with Gasteiger partial charge in [-0.15, -0.1) is 11.3 Å². The van der Waals surface area contributed by atoms with Crippen molar-refractivity contribution < 1.29 is 18.3 Å². The average Bonchev–Trinajstić information content (AvgIpc) is 2.92. The van der Waals surface area contributed by atoms with E-state index in [0.717, 1.165) is 6.07 Å². The van der Waals surface area contributed by atoms with E-state index in [1.165, 1.54) is 23.5 Å². The molecule has 112 valence electrons. The summed E-state index contributed by atoms with van der Waals surface area (Å²) in [7, 11) is -3.95. The molecule has 2 aromatic rings. The van der Waals surface area contributed by atoms with Crippen molar-refractivity contribution in [1.29, 1.82) is 0 Å². The largest absolute Gasteiger partial charge is 0.478 e. The Morgan fingerprint density at radius 1 is 1.48 bits per heavy atom. The molecule has 0 aliphatic heterocycles. The van der Waals surface area contributed by atoms with E-state index in [1.807, 2.05) is 0 Å². The number of aromatic carboxylic acids is 1. The van der Waals surface area contributed by atoms with Gasteiger partial charge >= 0.3 is 5.97 Å². The van der Waals surface area contributed by atoms with Crippen molar-refractivity contribution in [2.75, 3.05) is 0 Å². The Labute approximate surface area is 130 Å².